The van der Waals surface area contributed by atoms with E-state index in [4.69, 9.17) is 0 Å². The predicted molar refractivity (Wildman–Crippen MR) is 98.0 cm³/mol. The molecule has 2 heterocycles. The van der Waals surface area contributed by atoms with Crippen LogP contribution in [0.5, 0.6) is 0 Å². The molecule has 0 atom stereocenters. The van der Waals surface area contributed by atoms with Crippen LogP contribution in [0.2, 0.25) is 0 Å². The molecule has 2 aromatic carbocycles. The number of anilines is 1. The third-order valence-electron chi connectivity index (χ3n) is 4.61. The van der Waals surface area contributed by atoms with E-state index in [9.17, 15) is 5.26 Å². The lowest BCUT2D eigenvalue weighted by molar-refractivity contribution is 0.578. The van der Waals surface area contributed by atoms with Crippen molar-refractivity contribution in [2.24, 2.45) is 0 Å². The molecular formula is C20H18N2S. The van der Waals surface area contributed by atoms with Crippen molar-refractivity contribution in [3.8, 4) is 17.2 Å². The van der Waals surface area contributed by atoms with Crippen molar-refractivity contribution in [1.82, 2.24) is 0 Å². The molecule has 0 saturated carbocycles. The molecule has 4 rings (SSSR count). The first-order valence-corrected chi connectivity index (χ1v) is 9.01. The first-order chi connectivity index (χ1) is 11.4. The number of hydrogen-bond acceptors (Lipinski definition) is 3. The summed E-state index contributed by atoms with van der Waals surface area (Å²) in [6.07, 6.45) is 3.73. The zero-order valence-corrected chi connectivity index (χ0v) is 13.8. The van der Waals surface area contributed by atoms with E-state index in [1.165, 1.54) is 35.8 Å². The van der Waals surface area contributed by atoms with E-state index in [1.807, 2.05) is 6.07 Å². The summed E-state index contributed by atoms with van der Waals surface area (Å²) in [4.78, 5) is 2.40. The van der Waals surface area contributed by atoms with Gasteiger partial charge in [0.05, 0.1) is 16.0 Å². The fraction of sp³-hybridized carbons (Fsp3) is 0.250. The van der Waals surface area contributed by atoms with Crippen molar-refractivity contribution >= 4 is 27.1 Å². The normalized spacial score (nSPS) is 14.8. The highest BCUT2D eigenvalue weighted by molar-refractivity contribution is 7.17. The first-order valence-electron chi connectivity index (χ1n) is 8.13. The van der Waals surface area contributed by atoms with Crippen LogP contribution in [0, 0.1) is 11.3 Å². The Morgan fingerprint density at radius 3 is 2.52 bits per heavy atom. The predicted octanol–water partition coefficient (Wildman–Crippen LogP) is 5.43. The molecule has 3 aromatic rings. The third-order valence-corrected chi connectivity index (χ3v) is 5.54. The van der Waals surface area contributed by atoms with Crippen molar-refractivity contribution in [1.29, 1.82) is 5.26 Å². The first kappa shape index (κ1) is 14.3. The van der Waals surface area contributed by atoms with Gasteiger partial charge in [0.25, 0.3) is 0 Å². The molecule has 0 spiro atoms. The van der Waals surface area contributed by atoms with E-state index in [-0.39, 0.29) is 0 Å². The van der Waals surface area contributed by atoms with Crippen LogP contribution in [0.25, 0.3) is 21.2 Å². The Labute approximate surface area is 140 Å². The van der Waals surface area contributed by atoms with Crippen molar-refractivity contribution in [2.75, 3.05) is 18.0 Å². The van der Waals surface area contributed by atoms with E-state index in [1.54, 1.807) is 11.3 Å². The van der Waals surface area contributed by atoms with Crippen molar-refractivity contribution < 1.29 is 0 Å². The minimum Gasteiger partial charge on any atom is -0.370 e. The number of rotatable bonds is 2. The van der Waals surface area contributed by atoms with Crippen LogP contribution < -0.4 is 4.90 Å². The quantitative estimate of drug-likeness (QED) is 0.630. The maximum absolute atomic E-state index is 9.76. The average Bonchev–Trinajstić information content (AvgIpc) is 3.11. The third kappa shape index (κ3) is 2.50. The SMILES string of the molecule is N#Cc1c(N2CCCCC2)cc(-c2ccccc2)c2ccsc12. The van der Waals surface area contributed by atoms with Crippen LogP contribution >= 0.6 is 11.3 Å². The van der Waals surface area contributed by atoms with Crippen molar-refractivity contribution in [3.05, 3.63) is 53.4 Å². The second-order valence-electron chi connectivity index (χ2n) is 6.01. The van der Waals surface area contributed by atoms with Crippen LogP contribution in [0.1, 0.15) is 24.8 Å². The molecule has 2 nitrogen and oxygen atoms in total. The molecule has 1 aromatic heterocycles. The van der Waals surface area contributed by atoms with Gasteiger partial charge in [0.1, 0.15) is 6.07 Å². The van der Waals surface area contributed by atoms with Gasteiger partial charge in [0.15, 0.2) is 0 Å². The van der Waals surface area contributed by atoms with Gasteiger partial charge in [-0.05, 0) is 47.9 Å². The molecule has 1 aliphatic heterocycles. The second kappa shape index (κ2) is 6.06. The lowest BCUT2D eigenvalue weighted by atomic mass is 9.97. The van der Waals surface area contributed by atoms with Gasteiger partial charge in [0, 0.05) is 18.5 Å². The second-order valence-corrected chi connectivity index (χ2v) is 6.92. The van der Waals surface area contributed by atoms with Crippen LogP contribution in [-0.4, -0.2) is 13.1 Å². The molecule has 0 radical (unpaired) electrons. The number of fused-ring (bicyclic) bond motifs is 1. The summed E-state index contributed by atoms with van der Waals surface area (Å²) in [6.45, 7) is 2.11. The van der Waals surface area contributed by atoms with Crippen LogP contribution in [0.15, 0.2) is 47.8 Å². The molecule has 1 fully saturated rings. The minimum absolute atomic E-state index is 0.844. The summed E-state index contributed by atoms with van der Waals surface area (Å²) in [7, 11) is 0. The molecule has 3 heteroatoms. The van der Waals surface area contributed by atoms with Gasteiger partial charge < -0.3 is 4.90 Å². The Morgan fingerprint density at radius 2 is 1.78 bits per heavy atom. The Balaban J connectivity index is 1.97. The highest BCUT2D eigenvalue weighted by Crippen LogP contribution is 2.40. The van der Waals surface area contributed by atoms with Gasteiger partial charge in [0.2, 0.25) is 0 Å². The van der Waals surface area contributed by atoms with E-state index in [0.29, 0.717) is 0 Å². The molecule has 23 heavy (non-hydrogen) atoms. The lowest BCUT2D eigenvalue weighted by Crippen LogP contribution is -2.30. The summed E-state index contributed by atoms with van der Waals surface area (Å²) in [5.74, 6) is 0. The summed E-state index contributed by atoms with van der Waals surface area (Å²) in [5.41, 5.74) is 4.41. The van der Waals surface area contributed by atoms with Crippen molar-refractivity contribution in [2.45, 2.75) is 19.3 Å². The zero-order chi connectivity index (χ0) is 15.6. The Bertz CT molecular complexity index is 868. The maximum atomic E-state index is 9.76. The largest absolute Gasteiger partial charge is 0.370 e. The Kier molecular flexibility index (Phi) is 3.77. The van der Waals surface area contributed by atoms with Crippen LogP contribution in [0.4, 0.5) is 5.69 Å². The minimum atomic E-state index is 0.844. The molecule has 1 aliphatic rings. The number of hydrogen-bond donors (Lipinski definition) is 0. The monoisotopic (exact) mass is 318 g/mol. The van der Waals surface area contributed by atoms with Gasteiger partial charge in [-0.15, -0.1) is 11.3 Å². The number of benzene rings is 2. The van der Waals surface area contributed by atoms with E-state index < -0.39 is 0 Å². The van der Waals surface area contributed by atoms with Gasteiger partial charge in [-0.25, -0.2) is 0 Å². The standard InChI is InChI=1S/C20H18N2S/c21-14-18-19(22-10-5-2-6-11-22)13-17(15-7-3-1-4-8-15)16-9-12-23-20(16)18/h1,3-4,7-9,12-13H,2,5-6,10-11H2. The average molecular weight is 318 g/mol. The molecule has 0 N–H and O–H groups in total. The van der Waals surface area contributed by atoms with Gasteiger partial charge in [-0.3, -0.25) is 0 Å². The Hall–Kier alpha value is -2.31. The van der Waals surface area contributed by atoms with E-state index in [2.05, 4.69) is 52.7 Å². The molecule has 0 bridgehead atoms. The fourth-order valence-electron chi connectivity index (χ4n) is 3.47. The zero-order valence-electron chi connectivity index (χ0n) is 13.0. The number of nitrogens with zero attached hydrogens (tertiary/aromatic N) is 2. The van der Waals surface area contributed by atoms with Crippen LogP contribution in [-0.2, 0) is 0 Å². The van der Waals surface area contributed by atoms with Gasteiger partial charge in [-0.1, -0.05) is 30.3 Å². The molecule has 0 amide bonds. The summed E-state index contributed by atoms with van der Waals surface area (Å²) in [6, 6.07) is 17.3. The summed E-state index contributed by atoms with van der Waals surface area (Å²) >= 11 is 1.68. The summed E-state index contributed by atoms with van der Waals surface area (Å²) < 4.78 is 1.12. The number of nitriles is 1. The lowest BCUT2D eigenvalue weighted by Gasteiger charge is -2.30. The molecule has 0 aliphatic carbocycles. The van der Waals surface area contributed by atoms with Gasteiger partial charge in [-0.2, -0.15) is 5.26 Å². The topological polar surface area (TPSA) is 27.0 Å². The molecule has 114 valence electrons. The fourth-order valence-corrected chi connectivity index (χ4v) is 4.38. The molecular weight excluding hydrogens is 300 g/mol. The summed E-state index contributed by atoms with van der Waals surface area (Å²) in [5, 5.41) is 13.0. The Morgan fingerprint density at radius 1 is 1.00 bits per heavy atom. The maximum Gasteiger partial charge on any atom is 0.103 e. The van der Waals surface area contributed by atoms with Gasteiger partial charge >= 0.3 is 0 Å². The number of piperidine rings is 1. The highest BCUT2D eigenvalue weighted by atomic mass is 32.1. The smallest absolute Gasteiger partial charge is 0.103 e. The molecule has 0 unspecified atom stereocenters. The van der Waals surface area contributed by atoms with Crippen LogP contribution in [0.3, 0.4) is 0 Å². The highest BCUT2D eigenvalue weighted by Gasteiger charge is 2.20. The van der Waals surface area contributed by atoms with Crippen molar-refractivity contribution in [3.63, 3.8) is 0 Å². The number of thiophene rings is 1. The molecule has 1 saturated heterocycles. The van der Waals surface area contributed by atoms with E-state index >= 15 is 0 Å². The van der Waals surface area contributed by atoms with E-state index in [0.717, 1.165) is 29.0 Å².